The molecule has 1 saturated heterocycles. The number of ether oxygens (including phenoxy) is 2. The SMILES string of the molecule is COC(=O)c1ccc(OC(=O)c2cccc(N3C(=O)[C@H]4[C@H]5CC[C@@H](C5)[C@@H]4C3=O)c2)cc1. The number of amides is 2. The number of fused-ring (bicyclic) bond motifs is 5. The molecule has 0 radical (unpaired) electrons. The summed E-state index contributed by atoms with van der Waals surface area (Å²) in [6.45, 7) is 0. The Labute approximate surface area is 178 Å². The fourth-order valence-electron chi connectivity index (χ4n) is 5.38. The first-order valence-corrected chi connectivity index (χ1v) is 10.4. The summed E-state index contributed by atoms with van der Waals surface area (Å²) in [6.07, 6.45) is 3.00. The van der Waals surface area contributed by atoms with E-state index in [1.807, 2.05) is 0 Å². The number of carbonyl (C=O) groups excluding carboxylic acids is 4. The molecule has 3 aliphatic rings. The van der Waals surface area contributed by atoms with Gasteiger partial charge in [0, 0.05) is 0 Å². The molecule has 2 bridgehead atoms. The van der Waals surface area contributed by atoms with Crippen molar-refractivity contribution in [1.29, 1.82) is 0 Å². The molecule has 7 nitrogen and oxygen atoms in total. The zero-order valence-corrected chi connectivity index (χ0v) is 16.9. The molecule has 7 heteroatoms. The van der Waals surface area contributed by atoms with Crippen LogP contribution in [0.5, 0.6) is 5.75 Å². The molecule has 3 fully saturated rings. The number of carbonyl (C=O) groups is 4. The number of methoxy groups -OCH3 is 1. The second-order valence-corrected chi connectivity index (χ2v) is 8.35. The minimum absolute atomic E-state index is 0.147. The van der Waals surface area contributed by atoms with E-state index in [2.05, 4.69) is 4.74 Å². The van der Waals surface area contributed by atoms with E-state index in [1.165, 1.54) is 42.3 Å². The molecule has 0 unspecified atom stereocenters. The van der Waals surface area contributed by atoms with Gasteiger partial charge in [-0.1, -0.05) is 6.07 Å². The van der Waals surface area contributed by atoms with Crippen molar-refractivity contribution in [2.75, 3.05) is 12.0 Å². The molecular formula is C24H21NO6. The van der Waals surface area contributed by atoms with Crippen LogP contribution in [0.3, 0.4) is 0 Å². The lowest BCUT2D eigenvalue weighted by molar-refractivity contribution is -0.123. The number of hydrogen-bond acceptors (Lipinski definition) is 6. The van der Waals surface area contributed by atoms with Gasteiger partial charge in [0.15, 0.2) is 0 Å². The number of hydrogen-bond donors (Lipinski definition) is 0. The molecule has 1 aliphatic heterocycles. The summed E-state index contributed by atoms with van der Waals surface area (Å²) in [5, 5.41) is 0. The Morgan fingerprint density at radius 2 is 1.52 bits per heavy atom. The molecule has 5 rings (SSSR count). The average molecular weight is 419 g/mol. The van der Waals surface area contributed by atoms with Crippen molar-refractivity contribution in [2.45, 2.75) is 19.3 Å². The van der Waals surface area contributed by atoms with Crippen LogP contribution in [0.2, 0.25) is 0 Å². The third kappa shape index (κ3) is 3.12. The third-order valence-corrected chi connectivity index (χ3v) is 6.75. The van der Waals surface area contributed by atoms with Crippen molar-refractivity contribution in [3.05, 3.63) is 59.7 Å². The van der Waals surface area contributed by atoms with Gasteiger partial charge < -0.3 is 9.47 Å². The van der Waals surface area contributed by atoms with Gasteiger partial charge in [0.25, 0.3) is 0 Å². The molecular weight excluding hydrogens is 398 g/mol. The largest absolute Gasteiger partial charge is 0.465 e. The van der Waals surface area contributed by atoms with Crippen LogP contribution in [0, 0.1) is 23.7 Å². The van der Waals surface area contributed by atoms with Crippen LogP contribution in [-0.4, -0.2) is 30.9 Å². The minimum Gasteiger partial charge on any atom is -0.465 e. The first-order chi connectivity index (χ1) is 15.0. The Balaban J connectivity index is 1.35. The lowest BCUT2D eigenvalue weighted by Gasteiger charge is -2.19. The van der Waals surface area contributed by atoms with E-state index >= 15 is 0 Å². The van der Waals surface area contributed by atoms with Crippen LogP contribution >= 0.6 is 0 Å². The summed E-state index contributed by atoms with van der Waals surface area (Å²) in [6, 6.07) is 12.4. The van der Waals surface area contributed by atoms with Gasteiger partial charge in [-0.15, -0.1) is 0 Å². The fourth-order valence-corrected chi connectivity index (χ4v) is 5.38. The number of imide groups is 1. The summed E-state index contributed by atoms with van der Waals surface area (Å²) in [5.74, 6) is -0.948. The van der Waals surface area contributed by atoms with E-state index in [0.29, 0.717) is 23.1 Å². The van der Waals surface area contributed by atoms with E-state index in [4.69, 9.17) is 4.74 Å². The maximum absolute atomic E-state index is 13.0. The molecule has 1 heterocycles. The highest BCUT2D eigenvalue weighted by Crippen LogP contribution is 2.56. The van der Waals surface area contributed by atoms with Gasteiger partial charge in [-0.2, -0.15) is 0 Å². The molecule has 2 aliphatic carbocycles. The summed E-state index contributed by atoms with van der Waals surface area (Å²) >= 11 is 0. The first-order valence-electron chi connectivity index (χ1n) is 10.4. The molecule has 2 aromatic rings. The zero-order valence-electron chi connectivity index (χ0n) is 16.9. The summed E-state index contributed by atoms with van der Waals surface area (Å²) in [5.41, 5.74) is 0.976. The highest BCUT2D eigenvalue weighted by molar-refractivity contribution is 6.22. The van der Waals surface area contributed by atoms with Crippen LogP contribution in [0.25, 0.3) is 0 Å². The Hall–Kier alpha value is -3.48. The van der Waals surface area contributed by atoms with Crippen molar-refractivity contribution in [2.24, 2.45) is 23.7 Å². The van der Waals surface area contributed by atoms with E-state index in [9.17, 15) is 19.2 Å². The highest BCUT2D eigenvalue weighted by atomic mass is 16.5. The van der Waals surface area contributed by atoms with Crippen LogP contribution in [0.4, 0.5) is 5.69 Å². The number of nitrogens with zero attached hydrogens (tertiary/aromatic N) is 1. The van der Waals surface area contributed by atoms with Crippen molar-refractivity contribution in [3.63, 3.8) is 0 Å². The monoisotopic (exact) mass is 419 g/mol. The number of esters is 2. The van der Waals surface area contributed by atoms with Crippen molar-refractivity contribution < 1.29 is 28.7 Å². The van der Waals surface area contributed by atoms with Crippen molar-refractivity contribution in [3.8, 4) is 5.75 Å². The Kier molecular flexibility index (Phi) is 4.61. The Bertz CT molecular complexity index is 1060. The molecule has 2 amide bonds. The summed E-state index contributed by atoms with van der Waals surface area (Å²) < 4.78 is 10.0. The number of benzene rings is 2. The minimum atomic E-state index is -0.618. The molecule has 0 aromatic heterocycles. The second kappa shape index (κ2) is 7.34. The smallest absolute Gasteiger partial charge is 0.343 e. The van der Waals surface area contributed by atoms with E-state index in [1.54, 1.807) is 18.2 Å². The van der Waals surface area contributed by atoms with Gasteiger partial charge in [0.2, 0.25) is 11.8 Å². The lowest BCUT2D eigenvalue weighted by Crippen LogP contribution is -2.32. The maximum atomic E-state index is 13.0. The fraction of sp³-hybridized carbons (Fsp3) is 0.333. The molecule has 31 heavy (non-hydrogen) atoms. The van der Waals surface area contributed by atoms with Gasteiger partial charge in [-0.3, -0.25) is 14.5 Å². The molecule has 158 valence electrons. The molecule has 0 N–H and O–H groups in total. The lowest BCUT2D eigenvalue weighted by atomic mass is 9.81. The van der Waals surface area contributed by atoms with Crippen molar-refractivity contribution in [1.82, 2.24) is 0 Å². The topological polar surface area (TPSA) is 90.0 Å². The Morgan fingerprint density at radius 1 is 0.871 bits per heavy atom. The van der Waals surface area contributed by atoms with Crippen molar-refractivity contribution >= 4 is 29.4 Å². The standard InChI is InChI=1S/C24H21NO6/c1-30-23(28)13-7-9-18(10-8-13)31-24(29)16-3-2-4-17(12-16)25-21(26)19-14-5-6-15(11-14)20(19)22(25)27/h2-4,7-10,12,14-15,19-20H,5-6,11H2,1H3/t14-,15-,19-,20-/m0/s1. The van der Waals surface area contributed by atoms with Gasteiger partial charge in [0.05, 0.1) is 35.8 Å². The van der Waals surface area contributed by atoms with Gasteiger partial charge in [-0.25, -0.2) is 9.59 Å². The Morgan fingerprint density at radius 3 is 2.13 bits per heavy atom. The summed E-state index contributed by atoms with van der Waals surface area (Å²) in [7, 11) is 1.29. The number of anilines is 1. The molecule has 2 aromatic carbocycles. The maximum Gasteiger partial charge on any atom is 0.343 e. The third-order valence-electron chi connectivity index (χ3n) is 6.75. The second-order valence-electron chi connectivity index (χ2n) is 8.35. The van der Waals surface area contributed by atoms with Crippen LogP contribution in [-0.2, 0) is 14.3 Å². The molecule has 4 atom stereocenters. The van der Waals surface area contributed by atoms with E-state index in [0.717, 1.165) is 19.3 Å². The van der Waals surface area contributed by atoms with Crippen LogP contribution in [0.1, 0.15) is 40.0 Å². The number of rotatable bonds is 4. The van der Waals surface area contributed by atoms with E-state index in [-0.39, 0.29) is 35.0 Å². The zero-order chi connectivity index (χ0) is 21.7. The predicted molar refractivity (Wildman–Crippen MR) is 109 cm³/mol. The van der Waals surface area contributed by atoms with Crippen LogP contribution in [0.15, 0.2) is 48.5 Å². The van der Waals surface area contributed by atoms with Gasteiger partial charge in [0.1, 0.15) is 5.75 Å². The highest BCUT2D eigenvalue weighted by Gasteiger charge is 2.61. The molecule has 2 saturated carbocycles. The summed E-state index contributed by atoms with van der Waals surface area (Å²) in [4.78, 5) is 51.4. The van der Waals surface area contributed by atoms with E-state index < -0.39 is 11.9 Å². The van der Waals surface area contributed by atoms with Gasteiger partial charge >= 0.3 is 11.9 Å². The normalized spacial score (nSPS) is 26.2. The van der Waals surface area contributed by atoms with Gasteiger partial charge in [-0.05, 0) is 73.6 Å². The first kappa shape index (κ1) is 19.5. The predicted octanol–water partition coefficient (Wildman–Crippen LogP) is 3.23. The molecule has 0 spiro atoms. The van der Waals surface area contributed by atoms with Crippen LogP contribution < -0.4 is 9.64 Å². The average Bonchev–Trinajstić information content (AvgIpc) is 3.47. The quantitative estimate of drug-likeness (QED) is 0.429.